The van der Waals surface area contributed by atoms with Gasteiger partial charge in [0.15, 0.2) is 0 Å². The molecule has 2 N–H and O–H groups in total. The Morgan fingerprint density at radius 2 is 1.90 bits per heavy atom. The van der Waals surface area contributed by atoms with E-state index in [-0.39, 0.29) is 11.6 Å². The van der Waals surface area contributed by atoms with Crippen molar-refractivity contribution in [1.29, 1.82) is 0 Å². The third-order valence-electron chi connectivity index (χ3n) is 2.59. The van der Waals surface area contributed by atoms with E-state index in [4.69, 9.17) is 17.3 Å². The van der Waals surface area contributed by atoms with E-state index in [0.717, 1.165) is 6.07 Å². The maximum Gasteiger partial charge on any atom is 0.416 e. The van der Waals surface area contributed by atoms with Crippen molar-refractivity contribution in [2.45, 2.75) is 25.1 Å². The summed E-state index contributed by atoms with van der Waals surface area (Å²) in [6.07, 6.45) is -4.94. The van der Waals surface area contributed by atoms with Gasteiger partial charge in [-0.25, -0.2) is 4.79 Å². The smallest absolute Gasteiger partial charge is 0.416 e. The monoisotopic (exact) mass is 331 g/mol. The molecule has 0 unspecified atom stereocenters. The zero-order chi connectivity index (χ0) is 16.4. The molecule has 0 saturated heterocycles. The van der Waals surface area contributed by atoms with Gasteiger partial charge in [0.25, 0.3) is 0 Å². The molecular formula is C12H11ClF5NO2. The van der Waals surface area contributed by atoms with Gasteiger partial charge in [0.2, 0.25) is 0 Å². The lowest BCUT2D eigenvalue weighted by atomic mass is 9.96. The number of nitrogens with two attached hydrogens (primary N) is 1. The highest BCUT2D eigenvalue weighted by molar-refractivity contribution is 6.30. The summed E-state index contributed by atoms with van der Waals surface area (Å²) < 4.78 is 70.2. The van der Waals surface area contributed by atoms with Crippen molar-refractivity contribution in [3.63, 3.8) is 0 Å². The Morgan fingerprint density at radius 1 is 1.33 bits per heavy atom. The van der Waals surface area contributed by atoms with Gasteiger partial charge in [-0.2, -0.15) is 22.0 Å². The van der Waals surface area contributed by atoms with Crippen LogP contribution in [-0.4, -0.2) is 18.5 Å². The van der Waals surface area contributed by atoms with Crippen molar-refractivity contribution in [1.82, 2.24) is 0 Å². The Hall–Kier alpha value is -1.41. The highest BCUT2D eigenvalue weighted by Gasteiger charge is 2.50. The number of hydrogen-bond acceptors (Lipinski definition) is 3. The van der Waals surface area contributed by atoms with E-state index in [2.05, 4.69) is 4.74 Å². The predicted octanol–water partition coefficient (Wildman–Crippen LogP) is 3.56. The van der Waals surface area contributed by atoms with Crippen LogP contribution in [0.5, 0.6) is 0 Å². The first-order valence-corrected chi connectivity index (χ1v) is 6.06. The third kappa shape index (κ3) is 3.82. The second-order valence-electron chi connectivity index (χ2n) is 4.05. The lowest BCUT2D eigenvalue weighted by Crippen LogP contribution is -2.42. The van der Waals surface area contributed by atoms with Gasteiger partial charge < -0.3 is 10.5 Å². The van der Waals surface area contributed by atoms with Gasteiger partial charge in [-0.1, -0.05) is 17.7 Å². The maximum absolute atomic E-state index is 13.8. The zero-order valence-electron chi connectivity index (χ0n) is 10.7. The Bertz CT molecular complexity index is 533. The van der Waals surface area contributed by atoms with Crippen LogP contribution >= 0.6 is 11.6 Å². The number of carbonyl (C=O) groups excluding carboxylic acids is 1. The van der Waals surface area contributed by atoms with Gasteiger partial charge in [-0.3, -0.25) is 0 Å². The molecule has 0 radical (unpaired) electrons. The van der Waals surface area contributed by atoms with Crippen molar-refractivity contribution >= 4 is 17.6 Å². The molecule has 1 atom stereocenters. The van der Waals surface area contributed by atoms with E-state index >= 15 is 0 Å². The van der Waals surface area contributed by atoms with Crippen molar-refractivity contribution in [2.75, 3.05) is 6.61 Å². The average Bonchev–Trinajstić information content (AvgIpc) is 2.37. The molecule has 0 aromatic heterocycles. The Balaban J connectivity index is 3.30. The van der Waals surface area contributed by atoms with Crippen molar-refractivity contribution in [2.24, 2.45) is 5.73 Å². The number of alkyl halides is 5. The number of benzene rings is 1. The summed E-state index contributed by atoms with van der Waals surface area (Å²) in [7, 11) is 0. The molecule has 0 saturated carbocycles. The Labute approximate surface area is 121 Å². The molecule has 3 nitrogen and oxygen atoms in total. The minimum absolute atomic E-state index is 0.294. The fourth-order valence-corrected chi connectivity index (χ4v) is 1.77. The number of carbonyl (C=O) groups is 1. The normalized spacial score (nSPS) is 13.9. The first-order valence-electron chi connectivity index (χ1n) is 5.69. The van der Waals surface area contributed by atoms with Crippen molar-refractivity contribution in [3.05, 3.63) is 34.3 Å². The predicted molar refractivity (Wildman–Crippen MR) is 65.0 cm³/mol. The minimum atomic E-state index is -4.94. The summed E-state index contributed by atoms with van der Waals surface area (Å²) in [6, 6.07) is -0.348. The zero-order valence-corrected chi connectivity index (χ0v) is 11.4. The highest BCUT2D eigenvalue weighted by Crippen LogP contribution is 2.40. The van der Waals surface area contributed by atoms with Gasteiger partial charge in [-0.15, -0.1) is 0 Å². The van der Waals surface area contributed by atoms with Crippen LogP contribution in [0.15, 0.2) is 18.2 Å². The first kappa shape index (κ1) is 17.6. The number of ether oxygens (including phenoxy) is 1. The molecule has 0 aliphatic rings. The van der Waals surface area contributed by atoms with Crippen LogP contribution in [0.1, 0.15) is 24.1 Å². The van der Waals surface area contributed by atoms with Crippen LogP contribution in [0.3, 0.4) is 0 Å². The summed E-state index contributed by atoms with van der Waals surface area (Å²) in [5.41, 5.74) is 2.79. The molecule has 1 aromatic rings. The molecule has 0 heterocycles. The van der Waals surface area contributed by atoms with E-state index in [1.54, 1.807) is 0 Å². The number of hydrogen-bond donors (Lipinski definition) is 1. The summed E-state index contributed by atoms with van der Waals surface area (Å²) in [6.45, 7) is 0.927. The molecule has 21 heavy (non-hydrogen) atoms. The Kier molecular flexibility index (Phi) is 5.16. The third-order valence-corrected chi connectivity index (χ3v) is 2.83. The van der Waals surface area contributed by atoms with Gasteiger partial charge in [-0.05, 0) is 24.6 Å². The topological polar surface area (TPSA) is 52.3 Å². The fraction of sp³-hybridized carbons (Fsp3) is 0.417. The van der Waals surface area contributed by atoms with Crippen LogP contribution in [0.25, 0.3) is 0 Å². The molecule has 0 aliphatic carbocycles. The molecule has 0 fully saturated rings. The molecule has 1 aromatic carbocycles. The Morgan fingerprint density at radius 3 is 2.38 bits per heavy atom. The molecular weight excluding hydrogens is 321 g/mol. The van der Waals surface area contributed by atoms with Crippen LogP contribution in [-0.2, 0) is 15.7 Å². The van der Waals surface area contributed by atoms with E-state index in [1.165, 1.54) is 6.92 Å². The highest BCUT2D eigenvalue weighted by atomic mass is 35.5. The molecule has 0 amide bonds. The SMILES string of the molecule is CCOC(=O)C(F)(F)[C@@H](N)c1ccc(Cl)cc1C(F)(F)F. The largest absolute Gasteiger partial charge is 0.462 e. The molecule has 1 rings (SSSR count). The van der Waals surface area contributed by atoms with Gasteiger partial charge in [0, 0.05) is 5.02 Å². The molecule has 0 aliphatic heterocycles. The average molecular weight is 332 g/mol. The van der Waals surface area contributed by atoms with E-state index in [1.807, 2.05) is 0 Å². The van der Waals surface area contributed by atoms with Gasteiger partial charge in [0.1, 0.15) is 6.04 Å². The summed E-state index contributed by atoms with van der Waals surface area (Å²) in [5.74, 6) is -6.29. The van der Waals surface area contributed by atoms with Gasteiger partial charge in [0.05, 0.1) is 12.2 Å². The fourth-order valence-electron chi connectivity index (χ4n) is 1.59. The maximum atomic E-state index is 13.8. The van der Waals surface area contributed by atoms with Crippen LogP contribution < -0.4 is 5.73 Å². The molecule has 118 valence electrons. The number of halogens is 6. The van der Waals surface area contributed by atoms with E-state index in [0.29, 0.717) is 12.1 Å². The van der Waals surface area contributed by atoms with Crippen LogP contribution in [0.2, 0.25) is 5.02 Å². The standard InChI is InChI=1S/C12H11ClF5NO2/c1-2-21-10(20)11(14,15)9(19)7-4-3-6(13)5-8(7)12(16,17)18/h3-5,9H,2,19H2,1H3/t9-/m0/s1. The van der Waals surface area contributed by atoms with Crippen molar-refractivity contribution in [3.8, 4) is 0 Å². The quantitative estimate of drug-likeness (QED) is 0.678. The lowest BCUT2D eigenvalue weighted by molar-refractivity contribution is -0.175. The van der Waals surface area contributed by atoms with E-state index < -0.39 is 35.2 Å². The second kappa shape index (κ2) is 6.15. The van der Waals surface area contributed by atoms with E-state index in [9.17, 15) is 26.7 Å². The summed E-state index contributed by atoms with van der Waals surface area (Å²) in [4.78, 5) is 11.1. The lowest BCUT2D eigenvalue weighted by Gasteiger charge is -2.24. The minimum Gasteiger partial charge on any atom is -0.462 e. The van der Waals surface area contributed by atoms with Crippen LogP contribution in [0.4, 0.5) is 22.0 Å². The second-order valence-corrected chi connectivity index (χ2v) is 4.49. The molecule has 0 bridgehead atoms. The first-order chi connectivity index (χ1) is 9.51. The molecule has 9 heteroatoms. The van der Waals surface area contributed by atoms with Crippen LogP contribution in [0, 0.1) is 0 Å². The summed E-state index contributed by atoms with van der Waals surface area (Å²) >= 11 is 5.43. The van der Waals surface area contributed by atoms with Gasteiger partial charge >= 0.3 is 18.1 Å². The van der Waals surface area contributed by atoms with Crippen molar-refractivity contribution < 1.29 is 31.5 Å². The number of esters is 1. The number of rotatable bonds is 4. The summed E-state index contributed by atoms with van der Waals surface area (Å²) in [5, 5.41) is -0.294. The molecule has 0 spiro atoms.